The number of nitrogens with zero attached hydrogens (tertiary/aromatic N) is 2. The highest BCUT2D eigenvalue weighted by Gasteiger charge is 2.50. The van der Waals surface area contributed by atoms with Crippen LogP contribution < -0.4 is 5.32 Å². The summed E-state index contributed by atoms with van der Waals surface area (Å²) in [6.07, 6.45) is 0.779. The molecule has 2 heterocycles. The Kier molecular flexibility index (Phi) is 4.17. The van der Waals surface area contributed by atoms with Crippen molar-refractivity contribution < 1.29 is 9.63 Å². The Balaban J connectivity index is 2.21. The molecule has 1 aliphatic rings. The third-order valence-corrected chi connectivity index (χ3v) is 4.74. The zero-order chi connectivity index (χ0) is 16.6. The number of likely N-dealkylation sites (N-methyl/N-ethyl adjacent to an activating group) is 1. The van der Waals surface area contributed by atoms with E-state index in [0.29, 0.717) is 0 Å². The fraction of sp³-hybridized carbons (Fsp3) is 0.500. The van der Waals surface area contributed by atoms with Crippen molar-refractivity contribution in [3.63, 3.8) is 0 Å². The molecule has 1 aromatic heterocycles. The molecule has 23 heavy (non-hydrogen) atoms. The Labute approximate surface area is 137 Å². The predicted octanol–water partition coefficient (Wildman–Crippen LogP) is 2.50. The van der Waals surface area contributed by atoms with Crippen molar-refractivity contribution in [1.82, 2.24) is 10.1 Å². The number of para-hydroxylation sites is 1. The van der Waals surface area contributed by atoms with Crippen molar-refractivity contribution in [1.29, 1.82) is 0 Å². The number of aryl methyl sites for hydroxylation is 2. The maximum Gasteiger partial charge on any atom is 0.142 e. The van der Waals surface area contributed by atoms with Gasteiger partial charge in [0.1, 0.15) is 5.76 Å². The molecular weight excluding hydrogens is 290 g/mol. The largest absolute Gasteiger partial charge is 0.396 e. The van der Waals surface area contributed by atoms with E-state index in [4.69, 9.17) is 4.52 Å². The fourth-order valence-electron chi connectivity index (χ4n) is 3.96. The van der Waals surface area contributed by atoms with E-state index in [1.807, 2.05) is 19.1 Å². The number of aliphatic hydroxyl groups is 1. The third kappa shape index (κ3) is 2.44. The number of fused-ring (bicyclic) bond motifs is 1. The topological polar surface area (TPSA) is 61.5 Å². The van der Waals surface area contributed by atoms with E-state index in [0.717, 1.165) is 41.2 Å². The average Bonchev–Trinajstić information content (AvgIpc) is 3.04. The van der Waals surface area contributed by atoms with Crippen LogP contribution in [0.25, 0.3) is 0 Å². The second kappa shape index (κ2) is 5.98. The van der Waals surface area contributed by atoms with E-state index in [9.17, 15) is 5.11 Å². The van der Waals surface area contributed by atoms with Gasteiger partial charge in [-0.25, -0.2) is 0 Å². The molecule has 2 atom stereocenters. The van der Waals surface area contributed by atoms with Crippen LogP contribution in [0.3, 0.4) is 0 Å². The minimum atomic E-state index is -0.433. The van der Waals surface area contributed by atoms with Gasteiger partial charge in [-0.1, -0.05) is 30.3 Å². The number of rotatable bonds is 5. The zero-order valence-electron chi connectivity index (χ0n) is 14.3. The summed E-state index contributed by atoms with van der Waals surface area (Å²) in [6.45, 7) is 4.88. The van der Waals surface area contributed by atoms with Gasteiger partial charge in [0.05, 0.1) is 17.8 Å². The molecule has 1 aliphatic heterocycles. The first-order valence-electron chi connectivity index (χ1n) is 8.11. The molecule has 2 aromatic rings. The molecule has 0 saturated heterocycles. The summed E-state index contributed by atoms with van der Waals surface area (Å²) >= 11 is 0. The van der Waals surface area contributed by atoms with E-state index < -0.39 is 5.54 Å². The highest BCUT2D eigenvalue weighted by molar-refractivity contribution is 5.64. The van der Waals surface area contributed by atoms with Gasteiger partial charge in [0.25, 0.3) is 0 Å². The number of aliphatic hydroxyl groups excluding tert-OH is 1. The molecule has 0 aliphatic carbocycles. The molecule has 0 radical (unpaired) electrons. The van der Waals surface area contributed by atoms with Crippen LogP contribution >= 0.6 is 0 Å². The first-order valence-corrected chi connectivity index (χ1v) is 8.11. The molecular formula is C18H25N3O2. The van der Waals surface area contributed by atoms with E-state index >= 15 is 0 Å². The molecule has 0 fully saturated rings. The summed E-state index contributed by atoms with van der Waals surface area (Å²) in [5.74, 6) is 0.854. The van der Waals surface area contributed by atoms with Crippen LogP contribution in [0.4, 0.5) is 5.69 Å². The van der Waals surface area contributed by atoms with E-state index in [-0.39, 0.29) is 12.5 Å². The van der Waals surface area contributed by atoms with Crippen molar-refractivity contribution in [3.8, 4) is 0 Å². The van der Waals surface area contributed by atoms with E-state index in [1.165, 1.54) is 0 Å². The number of hydrogen-bond acceptors (Lipinski definition) is 5. The minimum absolute atomic E-state index is 0.0375. The Bertz CT molecular complexity index is 695. The minimum Gasteiger partial charge on any atom is -0.396 e. The molecule has 0 saturated carbocycles. The standard InChI is InChI=1S/C18H25N3O2/c1-5-16-17(12(2)20-23-16)18(11-21(3)4)14(10-22)13-8-6-7-9-15(13)19-18/h6-9,14,19,22H,5,10-11H2,1-4H3. The Morgan fingerprint density at radius 1 is 1.35 bits per heavy atom. The van der Waals surface area contributed by atoms with Gasteiger partial charge in [-0.3, -0.25) is 0 Å². The number of anilines is 1. The van der Waals surface area contributed by atoms with Crippen molar-refractivity contribution in [2.45, 2.75) is 31.7 Å². The van der Waals surface area contributed by atoms with Crippen molar-refractivity contribution in [3.05, 3.63) is 46.8 Å². The number of nitrogens with one attached hydrogen (secondary N) is 1. The van der Waals surface area contributed by atoms with Crippen molar-refractivity contribution in [2.75, 3.05) is 32.6 Å². The van der Waals surface area contributed by atoms with Gasteiger partial charge < -0.3 is 19.8 Å². The molecule has 124 valence electrons. The molecule has 0 amide bonds. The quantitative estimate of drug-likeness (QED) is 0.888. The Morgan fingerprint density at radius 2 is 2.09 bits per heavy atom. The smallest absolute Gasteiger partial charge is 0.142 e. The molecule has 5 nitrogen and oxygen atoms in total. The maximum atomic E-state index is 10.2. The van der Waals surface area contributed by atoms with Gasteiger partial charge in [0.2, 0.25) is 0 Å². The van der Waals surface area contributed by atoms with Crippen LogP contribution in [0.1, 0.15) is 35.4 Å². The molecule has 2 N–H and O–H groups in total. The molecule has 2 unspecified atom stereocenters. The van der Waals surface area contributed by atoms with Crippen LogP contribution in [0.5, 0.6) is 0 Å². The van der Waals surface area contributed by atoms with Crippen LogP contribution in [-0.4, -0.2) is 42.4 Å². The first kappa shape index (κ1) is 16.0. The lowest BCUT2D eigenvalue weighted by Gasteiger charge is -2.38. The predicted molar refractivity (Wildman–Crippen MR) is 90.7 cm³/mol. The molecule has 0 spiro atoms. The lowest BCUT2D eigenvalue weighted by atomic mass is 9.76. The summed E-state index contributed by atoms with van der Waals surface area (Å²) in [4.78, 5) is 2.15. The maximum absolute atomic E-state index is 10.2. The first-order chi connectivity index (χ1) is 11.0. The summed E-state index contributed by atoms with van der Waals surface area (Å²) < 4.78 is 5.57. The Hall–Kier alpha value is -1.85. The highest BCUT2D eigenvalue weighted by atomic mass is 16.5. The zero-order valence-corrected chi connectivity index (χ0v) is 14.3. The van der Waals surface area contributed by atoms with Gasteiger partial charge in [-0.15, -0.1) is 0 Å². The van der Waals surface area contributed by atoms with Crippen molar-refractivity contribution in [2.24, 2.45) is 0 Å². The van der Waals surface area contributed by atoms with E-state index in [2.05, 4.69) is 48.5 Å². The van der Waals surface area contributed by atoms with Crippen LogP contribution in [0.15, 0.2) is 28.8 Å². The summed E-state index contributed by atoms with van der Waals surface area (Å²) in [7, 11) is 4.10. The lowest BCUT2D eigenvalue weighted by molar-refractivity contribution is 0.192. The summed E-state index contributed by atoms with van der Waals surface area (Å²) in [6, 6.07) is 8.21. The highest BCUT2D eigenvalue weighted by Crippen LogP contribution is 2.50. The van der Waals surface area contributed by atoms with Gasteiger partial charge in [0, 0.05) is 30.1 Å². The normalized spacial score (nSPS) is 23.1. The molecule has 5 heteroatoms. The van der Waals surface area contributed by atoms with Gasteiger partial charge in [0.15, 0.2) is 0 Å². The number of hydrogen-bond donors (Lipinski definition) is 2. The lowest BCUT2D eigenvalue weighted by Crippen LogP contribution is -2.47. The average molecular weight is 315 g/mol. The van der Waals surface area contributed by atoms with Crippen LogP contribution in [0, 0.1) is 6.92 Å². The SMILES string of the molecule is CCc1onc(C)c1C1(CN(C)C)Nc2ccccc2C1CO. The Morgan fingerprint density at radius 3 is 2.74 bits per heavy atom. The second-order valence-electron chi connectivity index (χ2n) is 6.58. The third-order valence-electron chi connectivity index (χ3n) is 4.74. The summed E-state index contributed by atoms with van der Waals surface area (Å²) in [5, 5.41) is 18.1. The molecule has 3 rings (SSSR count). The van der Waals surface area contributed by atoms with Gasteiger partial charge >= 0.3 is 0 Å². The number of benzene rings is 1. The van der Waals surface area contributed by atoms with E-state index in [1.54, 1.807) is 0 Å². The van der Waals surface area contributed by atoms with Gasteiger partial charge in [-0.05, 0) is 32.6 Å². The van der Waals surface area contributed by atoms with Crippen LogP contribution in [-0.2, 0) is 12.0 Å². The molecule has 1 aromatic carbocycles. The van der Waals surface area contributed by atoms with Gasteiger partial charge in [-0.2, -0.15) is 0 Å². The monoisotopic (exact) mass is 315 g/mol. The number of aromatic nitrogens is 1. The molecule has 0 bridgehead atoms. The second-order valence-corrected chi connectivity index (χ2v) is 6.58. The summed E-state index contributed by atoms with van der Waals surface area (Å²) in [5.41, 5.74) is 3.78. The fourth-order valence-corrected chi connectivity index (χ4v) is 3.96. The van der Waals surface area contributed by atoms with Crippen molar-refractivity contribution >= 4 is 5.69 Å². The van der Waals surface area contributed by atoms with Crippen LogP contribution in [0.2, 0.25) is 0 Å².